The minimum absolute atomic E-state index is 0.0505. The number of para-hydroxylation sites is 1. The van der Waals surface area contributed by atoms with Gasteiger partial charge in [-0.15, -0.1) is 0 Å². The SMILES string of the molecule is Cc1cccc(C(C)C)c1NC(=O)CN(C)CCOc1ccc(F)cc1. The fraction of sp³-hybridized carbons (Fsp3) is 0.381. The third-order valence-corrected chi connectivity index (χ3v) is 4.16. The van der Waals surface area contributed by atoms with Crippen molar-refractivity contribution >= 4 is 11.6 Å². The number of hydrogen-bond acceptors (Lipinski definition) is 3. The second-order valence-corrected chi connectivity index (χ2v) is 6.78. The summed E-state index contributed by atoms with van der Waals surface area (Å²) in [5.41, 5.74) is 3.11. The molecule has 0 atom stereocenters. The van der Waals surface area contributed by atoms with Gasteiger partial charge in [-0.25, -0.2) is 4.39 Å². The molecule has 0 radical (unpaired) electrons. The molecule has 1 amide bonds. The molecule has 140 valence electrons. The Balaban J connectivity index is 1.83. The van der Waals surface area contributed by atoms with Gasteiger partial charge in [0.15, 0.2) is 0 Å². The van der Waals surface area contributed by atoms with Crippen molar-refractivity contribution in [2.45, 2.75) is 26.7 Å². The van der Waals surface area contributed by atoms with Gasteiger partial charge in [0.2, 0.25) is 5.91 Å². The van der Waals surface area contributed by atoms with Crippen LogP contribution in [-0.2, 0) is 4.79 Å². The van der Waals surface area contributed by atoms with Crippen molar-refractivity contribution in [1.82, 2.24) is 4.90 Å². The molecular weight excluding hydrogens is 331 g/mol. The number of carbonyl (C=O) groups is 1. The average molecular weight is 358 g/mol. The first-order chi connectivity index (χ1) is 12.4. The van der Waals surface area contributed by atoms with E-state index in [1.54, 1.807) is 12.1 Å². The first-order valence-corrected chi connectivity index (χ1v) is 8.83. The second kappa shape index (κ2) is 9.34. The van der Waals surface area contributed by atoms with Crippen molar-refractivity contribution in [3.8, 4) is 5.75 Å². The summed E-state index contributed by atoms with van der Waals surface area (Å²) in [5, 5.41) is 3.04. The lowest BCUT2D eigenvalue weighted by Crippen LogP contribution is -2.33. The lowest BCUT2D eigenvalue weighted by molar-refractivity contribution is -0.117. The Morgan fingerprint density at radius 3 is 2.54 bits per heavy atom. The van der Waals surface area contributed by atoms with Crippen molar-refractivity contribution < 1.29 is 13.9 Å². The molecule has 0 aliphatic heterocycles. The van der Waals surface area contributed by atoms with Crippen molar-refractivity contribution in [3.63, 3.8) is 0 Å². The first-order valence-electron chi connectivity index (χ1n) is 8.83. The van der Waals surface area contributed by atoms with Crippen LogP contribution in [0.2, 0.25) is 0 Å². The van der Waals surface area contributed by atoms with Gasteiger partial charge in [-0.2, -0.15) is 0 Å². The number of nitrogens with one attached hydrogen (secondary N) is 1. The summed E-state index contributed by atoms with van der Waals surface area (Å²) in [5.74, 6) is 0.617. The number of anilines is 1. The molecule has 0 saturated heterocycles. The fourth-order valence-electron chi connectivity index (χ4n) is 2.70. The third kappa shape index (κ3) is 5.85. The number of ether oxygens (including phenoxy) is 1. The molecule has 0 aliphatic rings. The highest BCUT2D eigenvalue weighted by Crippen LogP contribution is 2.27. The van der Waals surface area contributed by atoms with E-state index in [-0.39, 0.29) is 18.3 Å². The van der Waals surface area contributed by atoms with Crippen LogP contribution in [0.1, 0.15) is 30.9 Å². The normalized spacial score (nSPS) is 11.0. The smallest absolute Gasteiger partial charge is 0.238 e. The molecular formula is C21H27FN2O2. The molecule has 0 fully saturated rings. The zero-order chi connectivity index (χ0) is 19.1. The summed E-state index contributed by atoms with van der Waals surface area (Å²) < 4.78 is 18.4. The minimum Gasteiger partial charge on any atom is -0.492 e. The van der Waals surface area contributed by atoms with E-state index in [9.17, 15) is 9.18 Å². The van der Waals surface area contributed by atoms with Gasteiger partial charge in [0.1, 0.15) is 18.2 Å². The number of halogens is 1. The summed E-state index contributed by atoms with van der Waals surface area (Å²) >= 11 is 0. The summed E-state index contributed by atoms with van der Waals surface area (Å²) in [6, 6.07) is 12.0. The zero-order valence-corrected chi connectivity index (χ0v) is 15.9. The van der Waals surface area contributed by atoms with E-state index >= 15 is 0 Å². The van der Waals surface area contributed by atoms with Crippen LogP contribution in [-0.4, -0.2) is 37.6 Å². The van der Waals surface area contributed by atoms with E-state index in [1.807, 2.05) is 37.1 Å². The molecule has 0 aliphatic carbocycles. The maximum Gasteiger partial charge on any atom is 0.238 e. The van der Waals surface area contributed by atoms with E-state index in [0.29, 0.717) is 24.8 Å². The average Bonchev–Trinajstić information content (AvgIpc) is 2.58. The lowest BCUT2D eigenvalue weighted by Gasteiger charge is -2.19. The molecule has 2 aromatic rings. The van der Waals surface area contributed by atoms with Crippen LogP contribution >= 0.6 is 0 Å². The van der Waals surface area contributed by atoms with E-state index in [1.165, 1.54) is 12.1 Å². The number of benzene rings is 2. The highest BCUT2D eigenvalue weighted by molar-refractivity contribution is 5.93. The molecule has 4 nitrogen and oxygen atoms in total. The fourth-order valence-corrected chi connectivity index (χ4v) is 2.70. The first kappa shape index (κ1) is 19.9. The zero-order valence-electron chi connectivity index (χ0n) is 15.9. The Kier molecular flexibility index (Phi) is 7.16. The van der Waals surface area contributed by atoms with E-state index in [2.05, 4.69) is 19.2 Å². The van der Waals surface area contributed by atoms with Gasteiger partial charge < -0.3 is 10.1 Å². The Morgan fingerprint density at radius 2 is 1.88 bits per heavy atom. The second-order valence-electron chi connectivity index (χ2n) is 6.78. The minimum atomic E-state index is -0.289. The van der Waals surface area contributed by atoms with Crippen molar-refractivity contribution in [2.75, 3.05) is 32.1 Å². The van der Waals surface area contributed by atoms with Gasteiger partial charge in [-0.3, -0.25) is 9.69 Å². The van der Waals surface area contributed by atoms with Gasteiger partial charge in [0.25, 0.3) is 0 Å². The van der Waals surface area contributed by atoms with Crippen LogP contribution in [0.4, 0.5) is 10.1 Å². The van der Waals surface area contributed by atoms with Crippen LogP contribution in [0.25, 0.3) is 0 Å². The number of amides is 1. The summed E-state index contributed by atoms with van der Waals surface area (Å²) in [4.78, 5) is 14.3. The predicted octanol–water partition coefficient (Wildman–Crippen LogP) is 4.21. The Hall–Kier alpha value is -2.40. The summed E-state index contributed by atoms with van der Waals surface area (Å²) in [6.45, 7) is 7.53. The highest BCUT2D eigenvalue weighted by Gasteiger charge is 2.13. The van der Waals surface area contributed by atoms with Gasteiger partial charge in [0, 0.05) is 12.2 Å². The van der Waals surface area contributed by atoms with E-state index in [4.69, 9.17) is 4.74 Å². The summed E-state index contributed by atoms with van der Waals surface area (Å²) in [6.07, 6.45) is 0. The Labute approximate surface area is 155 Å². The van der Waals surface area contributed by atoms with Crippen molar-refractivity contribution in [1.29, 1.82) is 0 Å². The Bertz CT molecular complexity index is 729. The molecule has 1 N–H and O–H groups in total. The molecule has 0 spiro atoms. The van der Waals surface area contributed by atoms with Crippen LogP contribution in [0.15, 0.2) is 42.5 Å². The van der Waals surface area contributed by atoms with Gasteiger partial charge in [0.05, 0.1) is 6.54 Å². The molecule has 0 bridgehead atoms. The van der Waals surface area contributed by atoms with Crippen LogP contribution in [0, 0.1) is 12.7 Å². The van der Waals surface area contributed by atoms with Crippen LogP contribution < -0.4 is 10.1 Å². The lowest BCUT2D eigenvalue weighted by atomic mass is 9.98. The Morgan fingerprint density at radius 1 is 1.19 bits per heavy atom. The molecule has 2 rings (SSSR count). The molecule has 0 saturated carbocycles. The van der Waals surface area contributed by atoms with E-state index < -0.39 is 0 Å². The number of carbonyl (C=O) groups excluding carboxylic acids is 1. The number of rotatable bonds is 8. The van der Waals surface area contributed by atoms with Crippen molar-refractivity contribution in [3.05, 3.63) is 59.4 Å². The molecule has 0 aromatic heterocycles. The molecule has 0 heterocycles. The highest BCUT2D eigenvalue weighted by atomic mass is 19.1. The van der Waals surface area contributed by atoms with Crippen molar-refractivity contribution in [2.24, 2.45) is 0 Å². The largest absolute Gasteiger partial charge is 0.492 e. The third-order valence-electron chi connectivity index (χ3n) is 4.16. The van der Waals surface area contributed by atoms with Crippen LogP contribution in [0.3, 0.4) is 0 Å². The summed E-state index contributed by atoms with van der Waals surface area (Å²) in [7, 11) is 1.87. The predicted molar refractivity (Wildman–Crippen MR) is 103 cm³/mol. The quantitative estimate of drug-likeness (QED) is 0.769. The molecule has 0 unspecified atom stereocenters. The van der Waals surface area contributed by atoms with Gasteiger partial charge in [-0.05, 0) is 55.3 Å². The molecule has 26 heavy (non-hydrogen) atoms. The standard InChI is InChI=1S/C21H27FN2O2/c1-15(2)19-7-5-6-16(3)21(19)23-20(25)14-24(4)12-13-26-18-10-8-17(22)9-11-18/h5-11,15H,12-14H2,1-4H3,(H,23,25). The van der Waals surface area contributed by atoms with Gasteiger partial charge in [-0.1, -0.05) is 32.0 Å². The van der Waals surface area contributed by atoms with Crippen LogP contribution in [0.5, 0.6) is 5.75 Å². The maximum atomic E-state index is 12.9. The van der Waals surface area contributed by atoms with Gasteiger partial charge >= 0.3 is 0 Å². The maximum absolute atomic E-state index is 12.9. The monoisotopic (exact) mass is 358 g/mol. The number of aryl methyl sites for hydroxylation is 1. The number of likely N-dealkylation sites (N-methyl/N-ethyl adjacent to an activating group) is 1. The number of hydrogen-bond donors (Lipinski definition) is 1. The van der Waals surface area contributed by atoms with E-state index in [0.717, 1.165) is 16.8 Å². The molecule has 5 heteroatoms. The molecule has 2 aromatic carbocycles. The number of nitrogens with zero attached hydrogens (tertiary/aromatic N) is 1. The topological polar surface area (TPSA) is 41.6 Å².